The molecule has 1 fully saturated rings. The molecule has 0 spiro atoms. The first-order valence-electron chi connectivity index (χ1n) is 8.14. The van der Waals surface area contributed by atoms with E-state index in [1.54, 1.807) is 6.07 Å². The predicted octanol–water partition coefficient (Wildman–Crippen LogP) is 3.55. The summed E-state index contributed by atoms with van der Waals surface area (Å²) in [6, 6.07) is 5.35. The Balaban J connectivity index is 1.53. The van der Waals surface area contributed by atoms with Gasteiger partial charge in [-0.15, -0.1) is 0 Å². The van der Waals surface area contributed by atoms with Gasteiger partial charge in [-0.25, -0.2) is 0 Å². The third-order valence-electron chi connectivity index (χ3n) is 4.50. The number of nitrogens with zero attached hydrogens (tertiary/aromatic N) is 4. The molecule has 0 atom stereocenters. The van der Waals surface area contributed by atoms with Crippen LogP contribution in [-0.2, 0) is 13.6 Å². The Hall–Kier alpha value is -1.34. The van der Waals surface area contributed by atoms with E-state index in [9.17, 15) is 0 Å². The van der Waals surface area contributed by atoms with Crippen LogP contribution >= 0.6 is 35.4 Å². The highest BCUT2D eigenvalue weighted by atomic mass is 35.5. The zero-order chi connectivity index (χ0) is 18.0. The number of rotatable bonds is 3. The van der Waals surface area contributed by atoms with Gasteiger partial charge in [0, 0.05) is 66.8 Å². The number of hydrogen-bond donors (Lipinski definition) is 1. The van der Waals surface area contributed by atoms with E-state index in [1.807, 2.05) is 30.1 Å². The molecular weight excluding hydrogens is 377 g/mol. The van der Waals surface area contributed by atoms with Crippen LogP contribution in [0.3, 0.4) is 0 Å². The van der Waals surface area contributed by atoms with Crippen molar-refractivity contribution < 1.29 is 0 Å². The Morgan fingerprint density at radius 2 is 1.80 bits per heavy atom. The van der Waals surface area contributed by atoms with E-state index in [0.717, 1.165) is 38.4 Å². The van der Waals surface area contributed by atoms with Gasteiger partial charge in [0.1, 0.15) is 0 Å². The number of nitrogens with one attached hydrogen (secondary N) is 1. The lowest BCUT2D eigenvalue weighted by Gasteiger charge is -2.36. The number of anilines is 1. The fraction of sp³-hybridized carbons (Fsp3) is 0.412. The number of benzene rings is 1. The molecule has 134 valence electrons. The molecule has 1 aliphatic heterocycles. The van der Waals surface area contributed by atoms with Gasteiger partial charge in [-0.3, -0.25) is 9.58 Å². The minimum atomic E-state index is 0.592. The van der Waals surface area contributed by atoms with Gasteiger partial charge in [-0.05, 0) is 37.3 Å². The second kappa shape index (κ2) is 7.91. The summed E-state index contributed by atoms with van der Waals surface area (Å²) in [4.78, 5) is 4.61. The third kappa shape index (κ3) is 4.64. The summed E-state index contributed by atoms with van der Waals surface area (Å²) in [7, 11) is 1.98. The molecule has 8 heteroatoms. The maximum Gasteiger partial charge on any atom is 0.173 e. The quantitative estimate of drug-likeness (QED) is 0.801. The molecule has 0 bridgehead atoms. The van der Waals surface area contributed by atoms with Crippen molar-refractivity contribution >= 4 is 46.2 Å². The average molecular weight is 398 g/mol. The van der Waals surface area contributed by atoms with Crippen molar-refractivity contribution in [3.63, 3.8) is 0 Å². The number of aromatic nitrogens is 2. The van der Waals surface area contributed by atoms with E-state index in [0.29, 0.717) is 15.2 Å². The van der Waals surface area contributed by atoms with E-state index < -0.39 is 0 Å². The standard InChI is InChI=1S/C17H21Cl2N5S/c1-12-13(10-20-22(12)2)11-23-3-5-24(6-4-23)17(25)21-16-8-14(18)7-15(19)9-16/h7-10H,3-6,11H2,1-2H3,(H,21,25). The summed E-state index contributed by atoms with van der Waals surface area (Å²) < 4.78 is 1.92. The predicted molar refractivity (Wildman–Crippen MR) is 107 cm³/mol. The molecule has 0 unspecified atom stereocenters. The fourth-order valence-corrected chi connectivity index (χ4v) is 3.70. The first kappa shape index (κ1) is 18.5. The Morgan fingerprint density at radius 3 is 2.36 bits per heavy atom. The topological polar surface area (TPSA) is 36.3 Å². The summed E-state index contributed by atoms with van der Waals surface area (Å²) >= 11 is 17.6. The van der Waals surface area contributed by atoms with Crippen molar-refractivity contribution in [1.29, 1.82) is 0 Å². The number of piperazine rings is 1. The Morgan fingerprint density at radius 1 is 1.16 bits per heavy atom. The summed E-state index contributed by atoms with van der Waals surface area (Å²) in [6.45, 7) is 6.74. The molecule has 3 rings (SSSR count). The van der Waals surface area contributed by atoms with Gasteiger partial charge < -0.3 is 10.2 Å². The second-order valence-electron chi connectivity index (χ2n) is 6.23. The Kier molecular flexibility index (Phi) is 5.84. The summed E-state index contributed by atoms with van der Waals surface area (Å²) in [5, 5.41) is 9.43. The van der Waals surface area contributed by atoms with Crippen molar-refractivity contribution in [2.24, 2.45) is 7.05 Å². The van der Waals surface area contributed by atoms with Crippen LogP contribution < -0.4 is 5.32 Å². The van der Waals surface area contributed by atoms with Crippen LogP contribution in [-0.4, -0.2) is 50.9 Å². The lowest BCUT2D eigenvalue weighted by Crippen LogP contribution is -2.49. The zero-order valence-electron chi connectivity index (χ0n) is 14.3. The average Bonchev–Trinajstić information content (AvgIpc) is 2.86. The van der Waals surface area contributed by atoms with Crippen LogP contribution in [0.4, 0.5) is 5.69 Å². The molecule has 1 aromatic carbocycles. The number of halogens is 2. The monoisotopic (exact) mass is 397 g/mol. The van der Waals surface area contributed by atoms with Crippen LogP contribution in [0.15, 0.2) is 24.4 Å². The zero-order valence-corrected chi connectivity index (χ0v) is 16.6. The molecule has 0 saturated carbocycles. The van der Waals surface area contributed by atoms with E-state index >= 15 is 0 Å². The SMILES string of the molecule is Cc1c(CN2CCN(C(=S)Nc3cc(Cl)cc(Cl)c3)CC2)cnn1C. The number of aryl methyl sites for hydroxylation is 1. The van der Waals surface area contributed by atoms with Gasteiger partial charge in [0.25, 0.3) is 0 Å². The Bertz CT molecular complexity index is 748. The van der Waals surface area contributed by atoms with E-state index in [4.69, 9.17) is 35.4 Å². The lowest BCUT2D eigenvalue weighted by atomic mass is 10.2. The van der Waals surface area contributed by atoms with Crippen LogP contribution in [0, 0.1) is 6.92 Å². The minimum absolute atomic E-state index is 0.592. The molecule has 2 aromatic rings. The lowest BCUT2D eigenvalue weighted by molar-refractivity contribution is 0.176. The van der Waals surface area contributed by atoms with E-state index in [2.05, 4.69) is 27.1 Å². The molecule has 5 nitrogen and oxygen atoms in total. The Labute approximate surface area is 163 Å². The van der Waals surface area contributed by atoms with Crippen molar-refractivity contribution in [2.45, 2.75) is 13.5 Å². The molecule has 2 heterocycles. The smallest absolute Gasteiger partial charge is 0.173 e. The minimum Gasteiger partial charge on any atom is -0.346 e. The highest BCUT2D eigenvalue weighted by molar-refractivity contribution is 7.80. The number of hydrogen-bond acceptors (Lipinski definition) is 3. The van der Waals surface area contributed by atoms with Crippen molar-refractivity contribution in [3.8, 4) is 0 Å². The first-order valence-corrected chi connectivity index (χ1v) is 9.30. The van der Waals surface area contributed by atoms with Gasteiger partial charge in [0.15, 0.2) is 5.11 Å². The summed E-state index contributed by atoms with van der Waals surface area (Å²) in [6.07, 6.45) is 1.96. The maximum absolute atomic E-state index is 6.04. The molecule has 0 radical (unpaired) electrons. The van der Waals surface area contributed by atoms with E-state index in [1.165, 1.54) is 11.3 Å². The molecule has 1 aromatic heterocycles. The van der Waals surface area contributed by atoms with Crippen molar-refractivity contribution in [2.75, 3.05) is 31.5 Å². The maximum atomic E-state index is 6.04. The highest BCUT2D eigenvalue weighted by Gasteiger charge is 2.20. The van der Waals surface area contributed by atoms with Gasteiger partial charge >= 0.3 is 0 Å². The molecule has 0 amide bonds. The van der Waals surface area contributed by atoms with Crippen LogP contribution in [0.1, 0.15) is 11.3 Å². The first-order chi connectivity index (χ1) is 11.9. The van der Waals surface area contributed by atoms with Crippen molar-refractivity contribution in [1.82, 2.24) is 19.6 Å². The van der Waals surface area contributed by atoms with Crippen LogP contribution in [0.2, 0.25) is 10.0 Å². The molecular formula is C17H21Cl2N5S. The molecule has 1 N–H and O–H groups in total. The third-order valence-corrected chi connectivity index (χ3v) is 5.30. The van der Waals surface area contributed by atoms with Crippen LogP contribution in [0.5, 0.6) is 0 Å². The molecule has 25 heavy (non-hydrogen) atoms. The molecule has 1 aliphatic rings. The van der Waals surface area contributed by atoms with Crippen LogP contribution in [0.25, 0.3) is 0 Å². The molecule has 1 saturated heterocycles. The molecule has 0 aliphatic carbocycles. The fourth-order valence-electron chi connectivity index (χ4n) is 2.88. The van der Waals surface area contributed by atoms with E-state index in [-0.39, 0.29) is 0 Å². The van der Waals surface area contributed by atoms with Gasteiger partial charge in [0.05, 0.1) is 6.20 Å². The number of thiocarbonyl (C=S) groups is 1. The second-order valence-corrected chi connectivity index (χ2v) is 7.49. The van der Waals surface area contributed by atoms with Gasteiger partial charge in [0.2, 0.25) is 0 Å². The highest BCUT2D eigenvalue weighted by Crippen LogP contribution is 2.23. The van der Waals surface area contributed by atoms with Gasteiger partial charge in [-0.1, -0.05) is 23.2 Å². The summed E-state index contributed by atoms with van der Waals surface area (Å²) in [5.41, 5.74) is 3.32. The van der Waals surface area contributed by atoms with Gasteiger partial charge in [-0.2, -0.15) is 5.10 Å². The summed E-state index contributed by atoms with van der Waals surface area (Å²) in [5.74, 6) is 0. The largest absolute Gasteiger partial charge is 0.346 e. The van der Waals surface area contributed by atoms with Crippen molar-refractivity contribution in [3.05, 3.63) is 45.7 Å². The normalized spacial score (nSPS) is 15.4.